The van der Waals surface area contributed by atoms with Crippen LogP contribution < -0.4 is 5.32 Å². The summed E-state index contributed by atoms with van der Waals surface area (Å²) < 4.78 is 0.877. The molecule has 0 radical (unpaired) electrons. The number of nitrogens with zero attached hydrogens (tertiary/aromatic N) is 2. The molecule has 1 fully saturated rings. The van der Waals surface area contributed by atoms with E-state index in [9.17, 15) is 4.79 Å². The summed E-state index contributed by atoms with van der Waals surface area (Å²) in [4.78, 5) is 12.3. The van der Waals surface area contributed by atoms with Gasteiger partial charge in [0.1, 0.15) is 4.33 Å². The van der Waals surface area contributed by atoms with Crippen LogP contribution in [0.15, 0.2) is 30.3 Å². The Morgan fingerprint density at radius 2 is 2.00 bits per heavy atom. The predicted molar refractivity (Wildman–Crippen MR) is 88.8 cm³/mol. The zero-order valence-corrected chi connectivity index (χ0v) is 14.2. The molecule has 1 aromatic carbocycles. The monoisotopic (exact) mass is 337 g/mol. The molecule has 1 N–H and O–H groups in total. The lowest BCUT2D eigenvalue weighted by Crippen LogP contribution is -2.26. The molecule has 3 rings (SSSR count). The fourth-order valence-corrected chi connectivity index (χ4v) is 3.23. The van der Waals surface area contributed by atoms with Gasteiger partial charge in [-0.05, 0) is 51.5 Å². The second kappa shape index (κ2) is 5.00. The van der Waals surface area contributed by atoms with Crippen LogP contribution in [0, 0.1) is 19.3 Å². The lowest BCUT2D eigenvalue weighted by atomic mass is 10.1. The predicted octanol–water partition coefficient (Wildman–Crippen LogP) is 4.01. The van der Waals surface area contributed by atoms with Crippen LogP contribution in [-0.2, 0) is 4.79 Å². The van der Waals surface area contributed by atoms with Gasteiger partial charge in [-0.2, -0.15) is 5.10 Å². The molecule has 2 aromatic rings. The van der Waals surface area contributed by atoms with E-state index in [4.69, 9.17) is 23.2 Å². The third-order valence-corrected chi connectivity index (χ3v) is 5.22. The maximum atomic E-state index is 12.3. The van der Waals surface area contributed by atoms with Crippen molar-refractivity contribution in [3.63, 3.8) is 0 Å². The highest BCUT2D eigenvalue weighted by molar-refractivity contribution is 6.53. The lowest BCUT2D eigenvalue weighted by Gasteiger charge is -2.13. The van der Waals surface area contributed by atoms with Crippen molar-refractivity contribution >= 4 is 34.8 Å². The molecule has 1 atom stereocenters. The van der Waals surface area contributed by atoms with Crippen LogP contribution in [0.2, 0.25) is 0 Å². The number of carbonyl (C=O) groups is 1. The molecule has 0 bridgehead atoms. The number of hydrogen-bond donors (Lipinski definition) is 1. The third-order valence-electron chi connectivity index (χ3n) is 4.12. The van der Waals surface area contributed by atoms with Gasteiger partial charge < -0.3 is 5.32 Å². The van der Waals surface area contributed by atoms with Gasteiger partial charge in [-0.1, -0.05) is 6.07 Å². The van der Waals surface area contributed by atoms with Crippen molar-refractivity contribution in [2.45, 2.75) is 31.5 Å². The largest absolute Gasteiger partial charge is 0.325 e. The maximum Gasteiger partial charge on any atom is 0.233 e. The number of anilines is 1. The number of rotatable bonds is 3. The van der Waals surface area contributed by atoms with E-state index in [1.807, 2.05) is 48.9 Å². The first-order valence-corrected chi connectivity index (χ1v) is 7.81. The Labute approximate surface area is 139 Å². The first-order valence-electron chi connectivity index (χ1n) is 7.06. The molecule has 1 aliphatic rings. The first-order chi connectivity index (χ1) is 10.2. The normalized spacial score (nSPS) is 22.4. The van der Waals surface area contributed by atoms with Crippen molar-refractivity contribution in [1.82, 2.24) is 9.78 Å². The molecule has 22 heavy (non-hydrogen) atoms. The summed E-state index contributed by atoms with van der Waals surface area (Å²) in [5.74, 6) is -0.164. The summed E-state index contributed by atoms with van der Waals surface area (Å²) >= 11 is 12.1. The van der Waals surface area contributed by atoms with Crippen LogP contribution in [0.25, 0.3) is 5.69 Å². The summed E-state index contributed by atoms with van der Waals surface area (Å²) in [6.07, 6.45) is 0.464. The molecular weight excluding hydrogens is 321 g/mol. The molecule has 4 nitrogen and oxygen atoms in total. The van der Waals surface area contributed by atoms with Crippen LogP contribution in [0.5, 0.6) is 0 Å². The van der Waals surface area contributed by atoms with Crippen molar-refractivity contribution in [2.24, 2.45) is 5.41 Å². The van der Waals surface area contributed by atoms with E-state index >= 15 is 0 Å². The van der Waals surface area contributed by atoms with Gasteiger partial charge in [0.2, 0.25) is 5.91 Å². The zero-order valence-electron chi connectivity index (χ0n) is 12.7. The highest BCUT2D eigenvalue weighted by Gasteiger charge is 2.67. The maximum absolute atomic E-state index is 12.3. The standard InChI is InChI=1S/C16H17Cl2N3O/c1-10-7-11(2)21(20-10)13-6-4-5-12(8-13)19-14(22)15(3)9-16(15,17)18/h4-8H,9H2,1-3H3,(H,19,22). The number of carbonyl (C=O) groups excluding carboxylic acids is 1. The SMILES string of the molecule is Cc1cc(C)n(-c2cccc(NC(=O)C3(C)CC3(Cl)Cl)c2)n1. The number of benzene rings is 1. The molecule has 1 heterocycles. The van der Waals surface area contributed by atoms with Crippen LogP contribution in [0.4, 0.5) is 5.69 Å². The zero-order chi connectivity index (χ0) is 16.1. The van der Waals surface area contributed by atoms with Crippen LogP contribution in [0.1, 0.15) is 24.7 Å². The lowest BCUT2D eigenvalue weighted by molar-refractivity contribution is -0.120. The van der Waals surface area contributed by atoms with E-state index in [0.29, 0.717) is 12.1 Å². The van der Waals surface area contributed by atoms with Crippen LogP contribution in [-0.4, -0.2) is 20.0 Å². The summed E-state index contributed by atoms with van der Waals surface area (Å²) in [7, 11) is 0. The van der Waals surface area contributed by atoms with Crippen molar-refractivity contribution in [3.05, 3.63) is 41.7 Å². The quantitative estimate of drug-likeness (QED) is 0.860. The van der Waals surface area contributed by atoms with Crippen LogP contribution >= 0.6 is 23.2 Å². The number of amides is 1. The molecular formula is C16H17Cl2N3O. The minimum absolute atomic E-state index is 0.164. The van der Waals surface area contributed by atoms with Gasteiger partial charge in [0.25, 0.3) is 0 Å². The van der Waals surface area contributed by atoms with Gasteiger partial charge >= 0.3 is 0 Å². The summed E-state index contributed by atoms with van der Waals surface area (Å²) in [5.41, 5.74) is 2.85. The average Bonchev–Trinajstić information content (AvgIpc) is 2.78. The van der Waals surface area contributed by atoms with E-state index < -0.39 is 9.75 Å². The first kappa shape index (κ1) is 15.4. The Morgan fingerprint density at radius 3 is 2.55 bits per heavy atom. The van der Waals surface area contributed by atoms with Gasteiger partial charge in [-0.15, -0.1) is 23.2 Å². The highest BCUT2D eigenvalue weighted by Crippen LogP contribution is 2.64. The molecule has 6 heteroatoms. The Hall–Kier alpha value is -1.52. The van der Waals surface area contributed by atoms with Crippen LogP contribution in [0.3, 0.4) is 0 Å². The number of hydrogen-bond acceptors (Lipinski definition) is 2. The molecule has 116 valence electrons. The van der Waals surface area contributed by atoms with Crippen molar-refractivity contribution < 1.29 is 4.79 Å². The topological polar surface area (TPSA) is 46.9 Å². The molecule has 0 saturated heterocycles. The number of alkyl halides is 2. The Balaban J connectivity index is 1.84. The fourth-order valence-electron chi connectivity index (χ4n) is 2.52. The van der Waals surface area contributed by atoms with Crippen molar-refractivity contribution in [2.75, 3.05) is 5.32 Å². The van der Waals surface area contributed by atoms with E-state index in [1.54, 1.807) is 6.92 Å². The average molecular weight is 338 g/mol. The van der Waals surface area contributed by atoms with E-state index in [2.05, 4.69) is 10.4 Å². The smallest absolute Gasteiger partial charge is 0.233 e. The number of nitrogens with one attached hydrogen (secondary N) is 1. The molecule has 1 aromatic heterocycles. The molecule has 1 unspecified atom stereocenters. The van der Waals surface area contributed by atoms with E-state index in [0.717, 1.165) is 17.1 Å². The Morgan fingerprint density at radius 1 is 1.32 bits per heavy atom. The van der Waals surface area contributed by atoms with Gasteiger partial charge in [0.15, 0.2) is 0 Å². The van der Waals surface area contributed by atoms with Crippen molar-refractivity contribution in [3.8, 4) is 5.69 Å². The number of aromatic nitrogens is 2. The number of aryl methyl sites for hydroxylation is 2. The third kappa shape index (κ3) is 2.50. The number of halogens is 2. The highest BCUT2D eigenvalue weighted by atomic mass is 35.5. The Bertz CT molecular complexity index is 754. The summed E-state index contributed by atoms with van der Waals surface area (Å²) in [5, 5.41) is 7.33. The van der Waals surface area contributed by atoms with Gasteiger partial charge in [-0.3, -0.25) is 4.79 Å². The fraction of sp³-hybridized carbons (Fsp3) is 0.375. The molecule has 1 aliphatic carbocycles. The van der Waals surface area contributed by atoms with Crippen molar-refractivity contribution in [1.29, 1.82) is 0 Å². The minimum Gasteiger partial charge on any atom is -0.325 e. The summed E-state index contributed by atoms with van der Waals surface area (Å²) in [6, 6.07) is 9.55. The van der Waals surface area contributed by atoms with Gasteiger partial charge in [0.05, 0.1) is 16.8 Å². The molecule has 0 aliphatic heterocycles. The molecule has 0 spiro atoms. The Kier molecular flexibility index (Phi) is 3.49. The van der Waals surface area contributed by atoms with E-state index in [-0.39, 0.29) is 5.91 Å². The van der Waals surface area contributed by atoms with E-state index in [1.165, 1.54) is 0 Å². The van der Waals surface area contributed by atoms with Gasteiger partial charge in [0, 0.05) is 11.4 Å². The summed E-state index contributed by atoms with van der Waals surface area (Å²) in [6.45, 7) is 5.71. The molecule has 1 saturated carbocycles. The molecule has 1 amide bonds. The minimum atomic E-state index is -0.968. The second-order valence-electron chi connectivity index (χ2n) is 6.06. The van der Waals surface area contributed by atoms with Gasteiger partial charge in [-0.25, -0.2) is 4.68 Å². The second-order valence-corrected chi connectivity index (χ2v) is 7.54.